The van der Waals surface area contributed by atoms with Gasteiger partial charge in [0.2, 0.25) is 0 Å². The first-order valence-electron chi connectivity index (χ1n) is 11.4. The molecule has 6 heteroatoms. The highest BCUT2D eigenvalue weighted by Gasteiger charge is 2.26. The van der Waals surface area contributed by atoms with Gasteiger partial charge in [0.15, 0.2) is 17.2 Å². The van der Waals surface area contributed by atoms with E-state index in [0.29, 0.717) is 18.1 Å². The third kappa shape index (κ3) is 5.68. The van der Waals surface area contributed by atoms with Crippen LogP contribution < -0.4 is 14.2 Å². The summed E-state index contributed by atoms with van der Waals surface area (Å²) < 4.78 is 20.1. The lowest BCUT2D eigenvalue weighted by molar-refractivity contribution is -0.499. The molecule has 0 amide bonds. The number of benzene rings is 3. The number of rotatable bonds is 8. The van der Waals surface area contributed by atoms with Gasteiger partial charge in [0.25, 0.3) is 0 Å². The molecule has 0 saturated carbocycles. The molecule has 0 atom stereocenters. The van der Waals surface area contributed by atoms with Gasteiger partial charge in [0, 0.05) is 25.3 Å². The fraction of sp³-hybridized carbons (Fsp3) is 0.286. The van der Waals surface area contributed by atoms with Crippen LogP contribution in [0.15, 0.2) is 65.1 Å². The van der Waals surface area contributed by atoms with E-state index >= 15 is 0 Å². The molecule has 0 spiro atoms. The molecule has 0 radical (unpaired) electrons. The summed E-state index contributed by atoms with van der Waals surface area (Å²) >= 11 is 3.67. The number of aryl methyl sites for hydroxylation is 1. The predicted molar refractivity (Wildman–Crippen MR) is 136 cm³/mol. The maximum absolute atomic E-state index is 11.6. The van der Waals surface area contributed by atoms with Gasteiger partial charge in [-0.05, 0) is 63.3 Å². The van der Waals surface area contributed by atoms with Crippen molar-refractivity contribution in [2.45, 2.75) is 32.8 Å². The smallest absolute Gasteiger partial charge is 0.308 e. The van der Waals surface area contributed by atoms with Gasteiger partial charge in [-0.25, -0.2) is 4.58 Å². The Balaban J connectivity index is 1.49. The molecule has 1 aliphatic rings. The fourth-order valence-electron chi connectivity index (χ4n) is 4.24. The van der Waals surface area contributed by atoms with Crippen LogP contribution in [-0.2, 0) is 24.2 Å². The third-order valence-electron chi connectivity index (χ3n) is 6.02. The Hall–Kier alpha value is -3.12. The molecule has 0 N–H and O–H groups in total. The number of carbonyl (C=O) groups excluding carboxylic acids is 1. The molecule has 1 heterocycles. The first kappa shape index (κ1) is 24.0. The van der Waals surface area contributed by atoms with E-state index in [1.165, 1.54) is 23.8 Å². The van der Waals surface area contributed by atoms with Crippen molar-refractivity contribution in [2.24, 2.45) is 0 Å². The Labute approximate surface area is 209 Å². The van der Waals surface area contributed by atoms with Gasteiger partial charge in [0.1, 0.15) is 25.9 Å². The van der Waals surface area contributed by atoms with Crippen molar-refractivity contribution in [3.63, 3.8) is 0 Å². The van der Waals surface area contributed by atoms with E-state index in [1.807, 2.05) is 36.4 Å². The van der Waals surface area contributed by atoms with Crippen LogP contribution in [0.2, 0.25) is 0 Å². The first-order chi connectivity index (χ1) is 16.4. The van der Waals surface area contributed by atoms with Gasteiger partial charge < -0.3 is 14.2 Å². The van der Waals surface area contributed by atoms with Crippen molar-refractivity contribution in [2.75, 3.05) is 20.7 Å². The first-order valence-corrected chi connectivity index (χ1v) is 12.2. The van der Waals surface area contributed by atoms with Gasteiger partial charge in [-0.1, -0.05) is 36.4 Å². The van der Waals surface area contributed by atoms with E-state index in [9.17, 15) is 4.79 Å². The lowest BCUT2D eigenvalue weighted by Gasteiger charge is -2.19. The van der Waals surface area contributed by atoms with Crippen molar-refractivity contribution in [3.8, 4) is 17.2 Å². The standard InChI is InChI=1S/C28H29BrNO4/c1-19(31)34-28-17-23-22(16-27(28)32-3)13-14-30(2)25(23)11-9-20-10-12-26(24(29)15-20)33-18-21-7-5-4-6-8-21/h4-8,10,12,15-17H,9,11,13-14,18H2,1-3H3/q+1. The van der Waals surface area contributed by atoms with Crippen LogP contribution in [0.25, 0.3) is 0 Å². The number of hydrogen-bond acceptors (Lipinski definition) is 4. The lowest BCUT2D eigenvalue weighted by atomic mass is 9.92. The maximum Gasteiger partial charge on any atom is 0.308 e. The molecule has 1 aliphatic heterocycles. The maximum atomic E-state index is 11.6. The number of esters is 1. The average molecular weight is 523 g/mol. The van der Waals surface area contributed by atoms with Crippen LogP contribution in [0.4, 0.5) is 0 Å². The molecule has 4 rings (SSSR count). The number of ether oxygens (including phenoxy) is 3. The van der Waals surface area contributed by atoms with Crippen molar-refractivity contribution in [3.05, 3.63) is 87.4 Å². The quantitative estimate of drug-likeness (QED) is 0.220. The molecule has 34 heavy (non-hydrogen) atoms. The predicted octanol–water partition coefficient (Wildman–Crippen LogP) is 5.58. The van der Waals surface area contributed by atoms with E-state index in [1.54, 1.807) is 7.11 Å². The Bertz CT molecular complexity index is 1220. The van der Waals surface area contributed by atoms with Crippen LogP contribution in [0.5, 0.6) is 17.2 Å². The third-order valence-corrected chi connectivity index (χ3v) is 6.64. The second-order valence-corrected chi connectivity index (χ2v) is 9.27. The average Bonchev–Trinajstić information content (AvgIpc) is 2.83. The highest BCUT2D eigenvalue weighted by molar-refractivity contribution is 9.10. The zero-order valence-electron chi connectivity index (χ0n) is 19.8. The number of likely N-dealkylation sites (N-methyl/N-ethyl adjacent to an activating group) is 1. The molecule has 0 unspecified atom stereocenters. The molecule has 176 valence electrons. The Kier molecular flexibility index (Phi) is 7.68. The summed E-state index contributed by atoms with van der Waals surface area (Å²) in [6.45, 7) is 2.88. The molecule has 3 aromatic carbocycles. The van der Waals surface area contributed by atoms with Crippen LogP contribution in [0.3, 0.4) is 0 Å². The largest absolute Gasteiger partial charge is 0.493 e. The number of fused-ring (bicyclic) bond motifs is 1. The van der Waals surface area contributed by atoms with Gasteiger partial charge in [-0.15, -0.1) is 0 Å². The van der Waals surface area contributed by atoms with E-state index in [4.69, 9.17) is 14.2 Å². The van der Waals surface area contributed by atoms with Gasteiger partial charge >= 0.3 is 5.97 Å². The molecule has 0 saturated heterocycles. The highest BCUT2D eigenvalue weighted by Crippen LogP contribution is 2.34. The van der Waals surface area contributed by atoms with Crippen molar-refractivity contribution in [1.82, 2.24) is 0 Å². The number of methoxy groups -OCH3 is 1. The monoisotopic (exact) mass is 522 g/mol. The summed E-state index contributed by atoms with van der Waals surface area (Å²) in [4.78, 5) is 11.6. The molecule has 0 fully saturated rings. The summed E-state index contributed by atoms with van der Waals surface area (Å²) in [5, 5.41) is 0. The summed E-state index contributed by atoms with van der Waals surface area (Å²) in [7, 11) is 3.71. The van der Waals surface area contributed by atoms with Crippen LogP contribution in [0.1, 0.15) is 35.6 Å². The molecular weight excluding hydrogens is 494 g/mol. The van der Waals surface area contributed by atoms with Crippen molar-refractivity contribution >= 4 is 27.6 Å². The molecule has 0 aliphatic carbocycles. The number of halogens is 1. The van der Waals surface area contributed by atoms with Crippen LogP contribution >= 0.6 is 15.9 Å². The fourth-order valence-corrected chi connectivity index (χ4v) is 4.78. The minimum atomic E-state index is -0.358. The molecule has 5 nitrogen and oxygen atoms in total. The number of carbonyl (C=O) groups is 1. The zero-order valence-corrected chi connectivity index (χ0v) is 21.4. The SMILES string of the molecule is COc1cc2c(cc1OC(C)=O)C(CCc1ccc(OCc3ccccc3)c(Br)c1)=[N+](C)CC2. The van der Waals surface area contributed by atoms with Crippen molar-refractivity contribution in [1.29, 1.82) is 0 Å². The Morgan fingerprint density at radius 2 is 1.76 bits per heavy atom. The van der Waals surface area contributed by atoms with E-state index in [-0.39, 0.29) is 5.97 Å². The number of nitrogens with zero attached hydrogens (tertiary/aromatic N) is 1. The minimum Gasteiger partial charge on any atom is -0.493 e. The van der Waals surface area contributed by atoms with Gasteiger partial charge in [-0.3, -0.25) is 4.79 Å². The van der Waals surface area contributed by atoms with E-state index in [2.05, 4.69) is 51.8 Å². The van der Waals surface area contributed by atoms with Crippen LogP contribution in [-0.4, -0.2) is 37.0 Å². The van der Waals surface area contributed by atoms with Crippen LogP contribution in [0, 0.1) is 0 Å². The minimum absolute atomic E-state index is 0.358. The van der Waals surface area contributed by atoms with Gasteiger partial charge in [0.05, 0.1) is 11.6 Å². The molecule has 3 aromatic rings. The summed E-state index contributed by atoms with van der Waals surface area (Å²) in [6, 6.07) is 20.3. The molecule has 0 aromatic heterocycles. The Morgan fingerprint density at radius 3 is 2.47 bits per heavy atom. The summed E-state index contributed by atoms with van der Waals surface area (Å²) in [5.74, 6) is 1.53. The topological polar surface area (TPSA) is 47.8 Å². The van der Waals surface area contributed by atoms with Gasteiger partial charge in [-0.2, -0.15) is 0 Å². The van der Waals surface area contributed by atoms with E-state index in [0.717, 1.165) is 47.2 Å². The summed E-state index contributed by atoms with van der Waals surface area (Å²) in [6.07, 6.45) is 2.67. The van der Waals surface area contributed by atoms with Crippen molar-refractivity contribution < 1.29 is 23.6 Å². The summed E-state index contributed by atoms with van der Waals surface area (Å²) in [5.41, 5.74) is 5.93. The Morgan fingerprint density at radius 1 is 0.971 bits per heavy atom. The highest BCUT2D eigenvalue weighted by atomic mass is 79.9. The zero-order chi connectivity index (χ0) is 24.1. The number of hydrogen-bond donors (Lipinski definition) is 0. The lowest BCUT2D eigenvalue weighted by Crippen LogP contribution is -2.28. The molecular formula is C28H29BrNO4+. The molecule has 0 bridgehead atoms. The second-order valence-electron chi connectivity index (χ2n) is 8.41. The second kappa shape index (κ2) is 10.9. The van der Waals surface area contributed by atoms with E-state index < -0.39 is 0 Å². The normalized spacial score (nSPS) is 12.8.